The Balaban J connectivity index is 1.83. The Hall–Kier alpha value is -3.31. The summed E-state index contributed by atoms with van der Waals surface area (Å²) in [6.07, 6.45) is 0. The van der Waals surface area contributed by atoms with Crippen molar-refractivity contribution in [3.63, 3.8) is 0 Å². The number of para-hydroxylation sites is 2. The average molecular weight is 404 g/mol. The van der Waals surface area contributed by atoms with Crippen molar-refractivity contribution in [1.29, 1.82) is 0 Å². The standard InChI is InChI=1S/C23H18ClN3O2/c1-13-10-11-15(12-14(13)2)27-21(28)16-6-3-4-9-19(16)26-23(27)17-7-5-8-18(24)20(17)25-22(23)29/h3-12,26H,1-2H3,(H,25,29). The van der Waals surface area contributed by atoms with Gasteiger partial charge in [-0.15, -0.1) is 0 Å². The van der Waals surface area contributed by atoms with Gasteiger partial charge in [-0.1, -0.05) is 41.9 Å². The van der Waals surface area contributed by atoms with Gasteiger partial charge in [-0.25, -0.2) is 0 Å². The second-order valence-electron chi connectivity index (χ2n) is 7.41. The van der Waals surface area contributed by atoms with E-state index in [1.165, 1.54) is 0 Å². The summed E-state index contributed by atoms with van der Waals surface area (Å²) in [5.74, 6) is -0.591. The first kappa shape index (κ1) is 17.8. The van der Waals surface area contributed by atoms with E-state index in [9.17, 15) is 9.59 Å². The molecular weight excluding hydrogens is 386 g/mol. The van der Waals surface area contributed by atoms with Crippen molar-refractivity contribution < 1.29 is 9.59 Å². The van der Waals surface area contributed by atoms with Crippen LogP contribution in [0.3, 0.4) is 0 Å². The first-order chi connectivity index (χ1) is 13.9. The van der Waals surface area contributed by atoms with E-state index in [-0.39, 0.29) is 11.8 Å². The van der Waals surface area contributed by atoms with Gasteiger partial charge in [-0.2, -0.15) is 0 Å². The number of rotatable bonds is 1. The summed E-state index contributed by atoms with van der Waals surface area (Å²) in [6.45, 7) is 4.00. The molecule has 0 radical (unpaired) electrons. The predicted octanol–water partition coefficient (Wildman–Crippen LogP) is 4.83. The zero-order valence-electron chi connectivity index (χ0n) is 15.9. The molecule has 5 nitrogen and oxygen atoms in total. The van der Waals surface area contributed by atoms with Crippen LogP contribution in [0.25, 0.3) is 0 Å². The molecule has 2 aliphatic rings. The fraction of sp³-hybridized carbons (Fsp3) is 0.130. The van der Waals surface area contributed by atoms with Gasteiger partial charge in [-0.05, 0) is 55.3 Å². The van der Waals surface area contributed by atoms with Gasteiger partial charge in [0.05, 0.1) is 16.3 Å². The van der Waals surface area contributed by atoms with Gasteiger partial charge in [0.2, 0.25) is 5.66 Å². The van der Waals surface area contributed by atoms with Gasteiger partial charge in [0.1, 0.15) is 0 Å². The summed E-state index contributed by atoms with van der Waals surface area (Å²) >= 11 is 6.37. The molecule has 0 aliphatic carbocycles. The van der Waals surface area contributed by atoms with E-state index in [0.29, 0.717) is 33.2 Å². The van der Waals surface area contributed by atoms with Gasteiger partial charge < -0.3 is 10.6 Å². The molecule has 6 heteroatoms. The number of hydrogen-bond donors (Lipinski definition) is 2. The molecule has 1 atom stereocenters. The minimum atomic E-state index is -1.42. The van der Waals surface area contributed by atoms with Crippen molar-refractivity contribution >= 4 is 40.5 Å². The maximum absolute atomic E-state index is 13.7. The van der Waals surface area contributed by atoms with Crippen LogP contribution in [0.1, 0.15) is 27.0 Å². The number of nitrogens with one attached hydrogen (secondary N) is 2. The number of halogens is 1. The van der Waals surface area contributed by atoms with Crippen LogP contribution in [0.5, 0.6) is 0 Å². The van der Waals surface area contributed by atoms with Gasteiger partial charge in [0, 0.05) is 16.9 Å². The van der Waals surface area contributed by atoms with Crippen LogP contribution >= 0.6 is 11.6 Å². The molecule has 0 saturated heterocycles. The number of amides is 2. The smallest absolute Gasteiger partial charge is 0.276 e. The zero-order valence-corrected chi connectivity index (χ0v) is 16.7. The van der Waals surface area contributed by atoms with Crippen molar-refractivity contribution in [2.24, 2.45) is 0 Å². The van der Waals surface area contributed by atoms with Crippen molar-refractivity contribution in [1.82, 2.24) is 0 Å². The normalized spacial score (nSPS) is 19.6. The van der Waals surface area contributed by atoms with E-state index < -0.39 is 5.66 Å². The fourth-order valence-corrected chi connectivity index (χ4v) is 4.32. The number of nitrogens with zero attached hydrogens (tertiary/aromatic N) is 1. The van der Waals surface area contributed by atoms with Crippen molar-refractivity contribution in [3.8, 4) is 0 Å². The van der Waals surface area contributed by atoms with Crippen LogP contribution in [0.15, 0.2) is 60.7 Å². The molecule has 2 N–H and O–H groups in total. The highest BCUT2D eigenvalue weighted by Crippen LogP contribution is 2.49. The third-order valence-electron chi connectivity index (χ3n) is 5.73. The molecule has 5 rings (SSSR count). The molecular formula is C23H18ClN3O2. The molecule has 2 aliphatic heterocycles. The summed E-state index contributed by atoms with van der Waals surface area (Å²) in [5.41, 5.74) is 3.63. The van der Waals surface area contributed by atoms with E-state index in [1.54, 1.807) is 23.1 Å². The second kappa shape index (κ2) is 6.09. The number of fused-ring (bicyclic) bond motifs is 3. The molecule has 0 saturated carbocycles. The number of aryl methyl sites for hydroxylation is 2. The first-order valence-electron chi connectivity index (χ1n) is 9.33. The second-order valence-corrected chi connectivity index (χ2v) is 7.81. The highest BCUT2D eigenvalue weighted by molar-refractivity contribution is 6.35. The summed E-state index contributed by atoms with van der Waals surface area (Å²) < 4.78 is 0. The van der Waals surface area contributed by atoms with Crippen LogP contribution in [0, 0.1) is 13.8 Å². The fourth-order valence-electron chi connectivity index (χ4n) is 4.10. The Kier molecular flexibility index (Phi) is 3.73. The van der Waals surface area contributed by atoms with E-state index >= 15 is 0 Å². The largest absolute Gasteiger partial charge is 0.350 e. The predicted molar refractivity (Wildman–Crippen MR) is 115 cm³/mol. The number of carbonyl (C=O) groups is 2. The van der Waals surface area contributed by atoms with Crippen molar-refractivity contribution in [2.75, 3.05) is 15.5 Å². The monoisotopic (exact) mass is 403 g/mol. The van der Waals surface area contributed by atoms with Gasteiger partial charge in [0.15, 0.2) is 0 Å². The van der Waals surface area contributed by atoms with Crippen LogP contribution in [0.2, 0.25) is 5.02 Å². The summed E-state index contributed by atoms with van der Waals surface area (Å²) in [5, 5.41) is 6.66. The summed E-state index contributed by atoms with van der Waals surface area (Å²) in [4.78, 5) is 28.7. The maximum atomic E-state index is 13.7. The minimum absolute atomic E-state index is 0.245. The average Bonchev–Trinajstić information content (AvgIpc) is 2.98. The number of hydrogen-bond acceptors (Lipinski definition) is 3. The third kappa shape index (κ3) is 2.34. The molecule has 0 fully saturated rings. The summed E-state index contributed by atoms with van der Waals surface area (Å²) in [6, 6.07) is 18.3. The molecule has 1 unspecified atom stereocenters. The Morgan fingerprint density at radius 1 is 0.931 bits per heavy atom. The number of benzene rings is 3. The van der Waals surface area contributed by atoms with Crippen LogP contribution in [0.4, 0.5) is 17.1 Å². The van der Waals surface area contributed by atoms with Crippen LogP contribution in [-0.2, 0) is 10.5 Å². The lowest BCUT2D eigenvalue weighted by molar-refractivity contribution is -0.119. The molecule has 3 aromatic rings. The summed E-state index contributed by atoms with van der Waals surface area (Å²) in [7, 11) is 0. The Morgan fingerprint density at radius 3 is 2.52 bits per heavy atom. The molecule has 144 valence electrons. The molecule has 2 amide bonds. The van der Waals surface area contributed by atoms with Crippen molar-refractivity contribution in [3.05, 3.63) is 87.9 Å². The van der Waals surface area contributed by atoms with E-state index in [0.717, 1.165) is 11.1 Å². The molecule has 0 bridgehead atoms. The Labute approximate surface area is 173 Å². The zero-order chi connectivity index (χ0) is 20.3. The number of carbonyl (C=O) groups excluding carboxylic acids is 2. The lowest BCUT2D eigenvalue weighted by atomic mass is 9.92. The maximum Gasteiger partial charge on any atom is 0.276 e. The molecule has 1 spiro atoms. The van der Waals surface area contributed by atoms with E-state index in [2.05, 4.69) is 10.6 Å². The van der Waals surface area contributed by atoms with Crippen molar-refractivity contribution in [2.45, 2.75) is 19.5 Å². The lowest BCUT2D eigenvalue weighted by Crippen LogP contribution is -2.61. The quantitative estimate of drug-likeness (QED) is 0.611. The highest BCUT2D eigenvalue weighted by atomic mass is 35.5. The van der Waals surface area contributed by atoms with Gasteiger partial charge in [-0.3, -0.25) is 14.5 Å². The molecule has 29 heavy (non-hydrogen) atoms. The van der Waals surface area contributed by atoms with Gasteiger partial charge in [0.25, 0.3) is 11.8 Å². The highest BCUT2D eigenvalue weighted by Gasteiger charge is 2.57. The topological polar surface area (TPSA) is 61.4 Å². The van der Waals surface area contributed by atoms with Crippen LogP contribution < -0.4 is 15.5 Å². The van der Waals surface area contributed by atoms with E-state index in [1.807, 2.05) is 56.3 Å². The first-order valence-corrected chi connectivity index (χ1v) is 9.71. The molecule has 3 aromatic carbocycles. The Morgan fingerprint density at radius 2 is 1.72 bits per heavy atom. The lowest BCUT2D eigenvalue weighted by Gasteiger charge is -2.44. The van der Waals surface area contributed by atoms with E-state index in [4.69, 9.17) is 11.6 Å². The minimum Gasteiger partial charge on any atom is -0.350 e. The third-order valence-corrected chi connectivity index (χ3v) is 6.05. The molecule has 2 heterocycles. The SMILES string of the molecule is Cc1ccc(N2C(=O)c3ccccc3NC23C(=O)Nc2c(Cl)cccc23)cc1C. The van der Waals surface area contributed by atoms with Gasteiger partial charge >= 0.3 is 0 Å². The Bertz CT molecular complexity index is 1210. The molecule has 0 aromatic heterocycles. The number of anilines is 3. The van der Waals surface area contributed by atoms with Crippen LogP contribution in [-0.4, -0.2) is 11.8 Å².